The van der Waals surface area contributed by atoms with Crippen LogP contribution < -0.4 is 9.47 Å². The highest BCUT2D eigenvalue weighted by Crippen LogP contribution is 2.59. The van der Waals surface area contributed by atoms with Gasteiger partial charge in [0.25, 0.3) is 0 Å². The van der Waals surface area contributed by atoms with Gasteiger partial charge in [0.15, 0.2) is 28.8 Å². The molecule has 280 valence electrons. The highest BCUT2D eigenvalue weighted by atomic mass is 16.6. The first-order valence-electron chi connectivity index (χ1n) is 20.1. The molecule has 4 nitrogen and oxygen atoms in total. The number of nitrogens with zero attached hydrogens (tertiary/aromatic N) is 2. The summed E-state index contributed by atoms with van der Waals surface area (Å²) in [5, 5.41) is 0. The smallest absolute Gasteiger partial charge is 0.178 e. The van der Waals surface area contributed by atoms with Crippen LogP contribution in [0.4, 0.5) is 0 Å². The van der Waals surface area contributed by atoms with E-state index < -0.39 is 0 Å². The molecule has 1 aliphatic carbocycles. The van der Waals surface area contributed by atoms with Crippen LogP contribution in [0.2, 0.25) is 0 Å². The Bertz CT molecular complexity index is 2960. The molecule has 1 aliphatic heterocycles. The molecule has 0 atom stereocenters. The van der Waals surface area contributed by atoms with Crippen LogP contribution in [-0.4, -0.2) is 9.97 Å². The molecule has 2 heterocycles. The van der Waals surface area contributed by atoms with Crippen molar-refractivity contribution < 1.29 is 9.47 Å². The molecule has 0 bridgehead atoms. The average molecular weight is 759 g/mol. The maximum Gasteiger partial charge on any atom is 0.178 e. The quantitative estimate of drug-likeness (QED) is 0.169. The van der Waals surface area contributed by atoms with E-state index in [0.717, 1.165) is 78.5 Å². The zero-order valence-corrected chi connectivity index (χ0v) is 32.7. The number of fused-ring (bicyclic) bond motifs is 6. The Hall–Kier alpha value is -7.56. The number of ether oxygens (including phenoxy) is 2. The number of rotatable bonds is 6. The lowest BCUT2D eigenvalue weighted by Crippen LogP contribution is -2.15. The van der Waals surface area contributed by atoms with E-state index in [2.05, 4.69) is 184 Å². The fourth-order valence-corrected chi connectivity index (χ4v) is 8.72. The fourth-order valence-electron chi connectivity index (χ4n) is 8.72. The summed E-state index contributed by atoms with van der Waals surface area (Å²) in [7, 11) is 0. The lowest BCUT2D eigenvalue weighted by molar-refractivity contribution is 0.361. The van der Waals surface area contributed by atoms with E-state index in [1.807, 2.05) is 24.3 Å². The molecule has 1 aromatic heterocycles. The third-order valence-electron chi connectivity index (χ3n) is 11.8. The van der Waals surface area contributed by atoms with Crippen molar-refractivity contribution in [3.63, 3.8) is 0 Å². The third kappa shape index (κ3) is 6.00. The Kier molecular flexibility index (Phi) is 8.12. The second-order valence-corrected chi connectivity index (χ2v) is 15.8. The highest BCUT2D eigenvalue weighted by molar-refractivity contribution is 5.89. The molecule has 0 amide bonds. The molecule has 0 spiro atoms. The van der Waals surface area contributed by atoms with Gasteiger partial charge in [-0.3, -0.25) is 0 Å². The largest absolute Gasteiger partial charge is 0.449 e. The van der Waals surface area contributed by atoms with Crippen LogP contribution in [0.15, 0.2) is 194 Å². The van der Waals surface area contributed by atoms with E-state index in [-0.39, 0.29) is 5.41 Å². The predicted molar refractivity (Wildman–Crippen MR) is 239 cm³/mol. The Balaban J connectivity index is 0.971. The molecule has 0 N–H and O–H groups in total. The number of benzene rings is 8. The molecule has 4 heteroatoms. The van der Waals surface area contributed by atoms with E-state index in [4.69, 9.17) is 19.4 Å². The SMILES string of the molecule is CC1(C)c2ccccc2-c2c1ccc1c2Oc2cccc(-c3ccc(-c4cc(-c5cccc(-c6ccccc6)c5)nc(-c5cccc(-c6ccccc6)c5)n4)cc3)c2O1. The lowest BCUT2D eigenvalue weighted by Gasteiger charge is -2.26. The molecule has 0 fully saturated rings. The van der Waals surface area contributed by atoms with Gasteiger partial charge < -0.3 is 9.47 Å². The highest BCUT2D eigenvalue weighted by Gasteiger charge is 2.39. The molecule has 59 heavy (non-hydrogen) atoms. The van der Waals surface area contributed by atoms with Crippen molar-refractivity contribution in [2.45, 2.75) is 19.3 Å². The van der Waals surface area contributed by atoms with Crippen molar-refractivity contribution in [1.29, 1.82) is 0 Å². The molecule has 0 saturated carbocycles. The Morgan fingerprint density at radius 1 is 0.356 bits per heavy atom. The maximum absolute atomic E-state index is 6.77. The Labute approximate surface area is 344 Å². The second-order valence-electron chi connectivity index (χ2n) is 15.8. The third-order valence-corrected chi connectivity index (χ3v) is 11.8. The minimum atomic E-state index is -0.127. The summed E-state index contributed by atoms with van der Waals surface area (Å²) >= 11 is 0. The molecule has 9 aromatic rings. The number of hydrogen-bond donors (Lipinski definition) is 0. The Morgan fingerprint density at radius 2 is 0.881 bits per heavy atom. The van der Waals surface area contributed by atoms with Crippen molar-refractivity contribution >= 4 is 0 Å². The number of hydrogen-bond acceptors (Lipinski definition) is 4. The van der Waals surface area contributed by atoms with Crippen LogP contribution in [0.25, 0.3) is 78.4 Å². The van der Waals surface area contributed by atoms with E-state index in [1.165, 1.54) is 16.7 Å². The first kappa shape index (κ1) is 34.7. The van der Waals surface area contributed by atoms with Crippen LogP contribution >= 0.6 is 0 Å². The molecule has 0 radical (unpaired) electrons. The van der Waals surface area contributed by atoms with Crippen LogP contribution in [-0.2, 0) is 5.41 Å². The summed E-state index contributed by atoms with van der Waals surface area (Å²) < 4.78 is 13.5. The van der Waals surface area contributed by atoms with Gasteiger partial charge in [-0.1, -0.05) is 178 Å². The minimum absolute atomic E-state index is 0.127. The van der Waals surface area contributed by atoms with Crippen molar-refractivity contribution in [3.8, 4) is 101 Å². The van der Waals surface area contributed by atoms with Crippen molar-refractivity contribution in [2.24, 2.45) is 0 Å². The maximum atomic E-state index is 6.77. The second kappa shape index (κ2) is 13.8. The molecule has 2 aliphatic rings. The Morgan fingerprint density at radius 3 is 1.61 bits per heavy atom. The summed E-state index contributed by atoms with van der Waals surface area (Å²) in [6, 6.07) is 67.6. The van der Waals surface area contributed by atoms with Gasteiger partial charge in [-0.15, -0.1) is 0 Å². The average Bonchev–Trinajstić information content (AvgIpc) is 3.54. The van der Waals surface area contributed by atoms with E-state index in [1.54, 1.807) is 0 Å². The van der Waals surface area contributed by atoms with Gasteiger partial charge >= 0.3 is 0 Å². The van der Waals surface area contributed by atoms with Crippen LogP contribution in [0, 0.1) is 0 Å². The normalized spacial score (nSPS) is 13.0. The molecular weight excluding hydrogens is 721 g/mol. The summed E-state index contributed by atoms with van der Waals surface area (Å²) in [6.07, 6.45) is 0. The van der Waals surface area contributed by atoms with Crippen LogP contribution in [0.3, 0.4) is 0 Å². The van der Waals surface area contributed by atoms with Crippen molar-refractivity contribution in [1.82, 2.24) is 9.97 Å². The zero-order chi connectivity index (χ0) is 39.5. The summed E-state index contributed by atoms with van der Waals surface area (Å²) in [4.78, 5) is 10.4. The van der Waals surface area contributed by atoms with E-state index in [0.29, 0.717) is 17.3 Å². The van der Waals surface area contributed by atoms with Crippen LogP contribution in [0.1, 0.15) is 25.0 Å². The predicted octanol–water partition coefficient (Wildman–Crippen LogP) is 14.7. The van der Waals surface area contributed by atoms with Gasteiger partial charge in [-0.2, -0.15) is 0 Å². The fraction of sp³-hybridized carbons (Fsp3) is 0.0545. The van der Waals surface area contributed by atoms with Gasteiger partial charge in [0, 0.05) is 33.2 Å². The van der Waals surface area contributed by atoms with Crippen molar-refractivity contribution in [3.05, 3.63) is 205 Å². The molecular formula is C55H38N2O2. The number of para-hydroxylation sites is 1. The first-order valence-corrected chi connectivity index (χ1v) is 20.1. The van der Waals surface area contributed by atoms with E-state index >= 15 is 0 Å². The number of aromatic nitrogens is 2. The summed E-state index contributed by atoms with van der Waals surface area (Å²) in [5.74, 6) is 3.58. The van der Waals surface area contributed by atoms with Gasteiger partial charge in [0.1, 0.15) is 0 Å². The van der Waals surface area contributed by atoms with Gasteiger partial charge in [0.2, 0.25) is 0 Å². The lowest BCUT2D eigenvalue weighted by atomic mass is 9.82. The zero-order valence-electron chi connectivity index (χ0n) is 32.7. The van der Waals surface area contributed by atoms with Crippen molar-refractivity contribution in [2.75, 3.05) is 0 Å². The standard InChI is InChI=1S/C55H38N2O2/c1-55(2)45-24-10-9-22-44(45)51-46(55)30-31-50-53(51)59-49-25-13-23-43(52(49)58-50)37-26-28-38(29-27-37)47-34-48(41-20-11-18-39(32-41)35-14-5-3-6-15-35)57-54(56-47)42-21-12-19-40(33-42)36-16-7-4-8-17-36/h3-34H,1-2H3. The molecule has 0 saturated heterocycles. The van der Waals surface area contributed by atoms with Crippen LogP contribution in [0.5, 0.6) is 23.0 Å². The first-order chi connectivity index (χ1) is 29.0. The molecule has 11 rings (SSSR count). The summed E-state index contributed by atoms with van der Waals surface area (Å²) in [6.45, 7) is 4.55. The monoisotopic (exact) mass is 758 g/mol. The molecule has 8 aromatic carbocycles. The minimum Gasteiger partial charge on any atom is -0.449 e. The van der Waals surface area contributed by atoms with Gasteiger partial charge in [0.05, 0.1) is 11.4 Å². The van der Waals surface area contributed by atoms with Gasteiger partial charge in [-0.05, 0) is 74.8 Å². The van der Waals surface area contributed by atoms with Gasteiger partial charge in [-0.25, -0.2) is 9.97 Å². The summed E-state index contributed by atoms with van der Waals surface area (Å²) in [5.41, 5.74) is 16.0. The topological polar surface area (TPSA) is 44.2 Å². The molecule has 0 unspecified atom stereocenters. The van der Waals surface area contributed by atoms with E-state index in [9.17, 15) is 0 Å².